The lowest BCUT2D eigenvalue weighted by Gasteiger charge is -2.27. The molecule has 15 nitrogen and oxygen atoms in total. The summed E-state index contributed by atoms with van der Waals surface area (Å²) in [6, 6.07) is 22.7. The van der Waals surface area contributed by atoms with Gasteiger partial charge in [0.1, 0.15) is 23.9 Å². The lowest BCUT2D eigenvalue weighted by molar-refractivity contribution is -0.144. The molecule has 2 atom stereocenters. The van der Waals surface area contributed by atoms with Crippen LogP contribution in [0.5, 0.6) is 0 Å². The fraction of sp³-hybridized carbons (Fsp3) is 0.420. The zero-order valence-corrected chi connectivity index (χ0v) is 39.7. The van der Waals surface area contributed by atoms with E-state index in [9.17, 15) is 50.3 Å². The van der Waals surface area contributed by atoms with Gasteiger partial charge in [-0.3, -0.25) is 27.8 Å². The highest BCUT2D eigenvalue weighted by molar-refractivity contribution is 5.96. The number of carboxylic acids is 1. The predicted molar refractivity (Wildman–Crippen MR) is 255 cm³/mol. The Labute approximate surface area is 408 Å². The van der Waals surface area contributed by atoms with Crippen LogP contribution < -0.4 is 26.2 Å². The summed E-state index contributed by atoms with van der Waals surface area (Å²) in [6.07, 6.45) is -3.39. The second-order valence-corrected chi connectivity index (χ2v) is 17.0. The molecule has 5 N–H and O–H groups in total. The maximum atomic E-state index is 14.9. The minimum Gasteiger partial charge on any atom is -0.478 e. The van der Waals surface area contributed by atoms with Crippen LogP contribution in [-0.4, -0.2) is 124 Å². The summed E-state index contributed by atoms with van der Waals surface area (Å²) >= 11 is 0. The highest BCUT2D eigenvalue weighted by Crippen LogP contribution is 2.31. The van der Waals surface area contributed by atoms with E-state index < -0.39 is 72.9 Å². The molecule has 4 aromatic rings. The quantitative estimate of drug-likeness (QED) is 0.0376. The van der Waals surface area contributed by atoms with Crippen molar-refractivity contribution in [2.45, 2.75) is 70.9 Å². The van der Waals surface area contributed by atoms with Gasteiger partial charge in [-0.25, -0.2) is 32.3 Å². The number of ether oxygens (including phenoxy) is 3. The van der Waals surface area contributed by atoms with Crippen LogP contribution in [0.1, 0.15) is 51.2 Å². The van der Waals surface area contributed by atoms with Crippen molar-refractivity contribution in [1.29, 1.82) is 0 Å². The number of cyclic esters (lactones) is 2. The molecule has 21 heteroatoms. The molecule has 2 saturated heterocycles. The topological polar surface area (TPSA) is 193 Å². The second kappa shape index (κ2) is 28.1. The number of carbonyl (C=O) groups excluding carboxylic acids is 4. The van der Waals surface area contributed by atoms with Crippen molar-refractivity contribution in [1.82, 2.24) is 15.5 Å². The Balaban J connectivity index is 0.000000283. The van der Waals surface area contributed by atoms with E-state index >= 15 is 0 Å². The lowest BCUT2D eigenvalue weighted by Crippen LogP contribution is -2.38. The molecule has 0 radical (unpaired) electrons. The SMILES string of the molecule is CC(C)(C)OC(=O)N(CCCF)Cc1ccc(-c2ccc(N3C[C@H](C(=O)O)OC3=O)cc2F)cc1.NCCCF.O=C(NCCF)[C@H]1CN(c2ccc(-c3ccc(CNCCCF)cc3)c(F)c2)C(=O)O1. The minimum atomic E-state index is -1.30. The van der Waals surface area contributed by atoms with Crippen LogP contribution in [-0.2, 0) is 36.9 Å². The van der Waals surface area contributed by atoms with Crippen LogP contribution in [0.25, 0.3) is 22.3 Å². The van der Waals surface area contributed by atoms with Crippen LogP contribution in [0.2, 0.25) is 0 Å². The van der Waals surface area contributed by atoms with Crippen LogP contribution in [0.3, 0.4) is 0 Å². The number of nitrogens with two attached hydrogens (primary N) is 1. The van der Waals surface area contributed by atoms with Gasteiger partial charge in [0.15, 0.2) is 6.10 Å². The Morgan fingerprint density at radius 2 is 1.23 bits per heavy atom. The molecule has 0 saturated carbocycles. The van der Waals surface area contributed by atoms with Crippen LogP contribution >= 0.6 is 0 Å². The summed E-state index contributed by atoms with van der Waals surface area (Å²) < 4.78 is 92.8. The normalized spacial score (nSPS) is 15.2. The molecule has 71 heavy (non-hydrogen) atoms. The molecule has 4 amide bonds. The lowest BCUT2D eigenvalue weighted by atomic mass is 10.0. The van der Waals surface area contributed by atoms with Gasteiger partial charge in [0.25, 0.3) is 5.91 Å². The molecule has 2 aliphatic heterocycles. The monoisotopic (exact) mass is 1000 g/mol. The summed E-state index contributed by atoms with van der Waals surface area (Å²) in [6.45, 7) is 4.95. The van der Waals surface area contributed by atoms with Crippen molar-refractivity contribution in [3.05, 3.63) is 108 Å². The van der Waals surface area contributed by atoms with E-state index in [-0.39, 0.29) is 69.4 Å². The van der Waals surface area contributed by atoms with E-state index in [2.05, 4.69) is 10.6 Å². The molecule has 0 bridgehead atoms. The highest BCUT2D eigenvalue weighted by Gasteiger charge is 2.38. The summed E-state index contributed by atoms with van der Waals surface area (Å²) in [5, 5.41) is 14.5. The van der Waals surface area contributed by atoms with Crippen molar-refractivity contribution in [3.8, 4) is 22.3 Å². The number of hydrogen-bond acceptors (Lipinski definition) is 10. The fourth-order valence-electron chi connectivity index (χ4n) is 6.83. The summed E-state index contributed by atoms with van der Waals surface area (Å²) in [4.78, 5) is 63.1. The molecular formula is C50H60F6N6O9. The van der Waals surface area contributed by atoms with Crippen molar-refractivity contribution in [2.24, 2.45) is 5.73 Å². The number of amides is 4. The molecule has 2 heterocycles. The van der Waals surface area contributed by atoms with E-state index in [1.807, 2.05) is 12.1 Å². The third-order valence-corrected chi connectivity index (χ3v) is 10.4. The smallest absolute Gasteiger partial charge is 0.415 e. The standard InChI is InChI=1S/C25H28F2N2O6.C22H24F3N3O3.C3H8FN/c1-25(2,3)35-23(32)28(12-4-11-26)14-16-5-7-17(8-6-16)19-10-9-18(13-20(19)27)29-15-21(22(30)31)34-24(29)33;23-8-1-10-26-13-15-2-4-16(5-3-15)18-7-6-17(12-19(18)25)28-14-20(31-22(28)30)21(29)27-11-9-24;4-2-1-3-5/h5-10,13,21H,4,11-12,14-15H2,1-3H3,(H,30,31);2-7,12,20,26H,1,8-11,13-14H2,(H,27,29);1-3,5H2/t21-;20-;/m11./s1. The summed E-state index contributed by atoms with van der Waals surface area (Å²) in [7, 11) is 0. The first-order valence-corrected chi connectivity index (χ1v) is 22.8. The van der Waals surface area contributed by atoms with Gasteiger partial charge in [0, 0.05) is 37.3 Å². The van der Waals surface area contributed by atoms with Gasteiger partial charge in [0.2, 0.25) is 6.10 Å². The molecule has 6 rings (SSSR count). The molecule has 2 fully saturated rings. The number of halogens is 6. The number of nitrogens with one attached hydrogen (secondary N) is 2. The van der Waals surface area contributed by atoms with E-state index in [0.29, 0.717) is 49.2 Å². The highest BCUT2D eigenvalue weighted by atomic mass is 19.1. The molecular weight excluding hydrogens is 943 g/mol. The van der Waals surface area contributed by atoms with E-state index in [1.54, 1.807) is 69.3 Å². The van der Waals surface area contributed by atoms with Gasteiger partial charge in [-0.05, 0) is 112 Å². The largest absolute Gasteiger partial charge is 0.478 e. The zero-order valence-electron chi connectivity index (χ0n) is 39.7. The number of rotatable bonds is 20. The summed E-state index contributed by atoms with van der Waals surface area (Å²) in [5.74, 6) is -2.98. The van der Waals surface area contributed by atoms with Crippen molar-refractivity contribution in [3.63, 3.8) is 0 Å². The molecule has 2 aliphatic rings. The van der Waals surface area contributed by atoms with E-state index in [0.717, 1.165) is 22.1 Å². The Morgan fingerprint density at radius 3 is 1.66 bits per heavy atom. The van der Waals surface area contributed by atoms with Gasteiger partial charge in [-0.15, -0.1) is 0 Å². The van der Waals surface area contributed by atoms with Crippen LogP contribution in [0.4, 0.5) is 52.1 Å². The fourth-order valence-corrected chi connectivity index (χ4v) is 6.83. The second-order valence-electron chi connectivity index (χ2n) is 17.0. The van der Waals surface area contributed by atoms with E-state index in [1.165, 1.54) is 28.0 Å². The molecule has 0 aromatic heterocycles. The van der Waals surface area contributed by atoms with Crippen LogP contribution in [0.15, 0.2) is 84.9 Å². The van der Waals surface area contributed by atoms with Crippen molar-refractivity contribution < 1.29 is 69.6 Å². The molecule has 0 unspecified atom stereocenters. The average Bonchev–Trinajstić information content (AvgIpc) is 3.94. The number of alkyl halides is 4. The molecule has 4 aromatic carbocycles. The van der Waals surface area contributed by atoms with Gasteiger partial charge >= 0.3 is 24.2 Å². The molecule has 386 valence electrons. The maximum absolute atomic E-state index is 14.9. The maximum Gasteiger partial charge on any atom is 0.415 e. The Bertz CT molecular complexity index is 2370. The summed E-state index contributed by atoms with van der Waals surface area (Å²) in [5.41, 5.74) is 8.32. The average molecular weight is 1000 g/mol. The van der Waals surface area contributed by atoms with Crippen molar-refractivity contribution >= 4 is 41.5 Å². The number of carboxylic acid groups (broad SMARTS) is 1. The number of anilines is 2. The molecule has 0 aliphatic carbocycles. The van der Waals surface area contributed by atoms with Gasteiger partial charge < -0.3 is 40.6 Å². The van der Waals surface area contributed by atoms with Gasteiger partial charge in [-0.2, -0.15) is 0 Å². The van der Waals surface area contributed by atoms with Gasteiger partial charge in [-0.1, -0.05) is 48.5 Å². The minimum absolute atomic E-state index is 0.0835. The Kier molecular flexibility index (Phi) is 22.4. The number of nitrogens with zero attached hydrogens (tertiary/aromatic N) is 3. The third kappa shape index (κ3) is 17.5. The first kappa shape index (κ1) is 56.7. The van der Waals surface area contributed by atoms with Crippen molar-refractivity contribution in [2.75, 3.05) is 75.8 Å². The first-order valence-electron chi connectivity index (χ1n) is 22.8. The number of carbonyl (C=O) groups is 5. The number of benzene rings is 4. The Hall–Kier alpha value is -6.87. The number of hydrogen-bond donors (Lipinski definition) is 4. The zero-order chi connectivity index (χ0) is 52.1. The Morgan fingerprint density at radius 1 is 0.718 bits per heavy atom. The number of aliphatic carboxylic acids is 1. The predicted octanol–water partition coefficient (Wildman–Crippen LogP) is 8.66. The van der Waals surface area contributed by atoms with Crippen LogP contribution in [0, 0.1) is 11.6 Å². The third-order valence-electron chi connectivity index (χ3n) is 10.4. The van der Waals surface area contributed by atoms with Gasteiger partial charge in [0.05, 0.1) is 44.5 Å². The van der Waals surface area contributed by atoms with E-state index in [4.69, 9.17) is 25.1 Å². The molecule has 0 spiro atoms. The first-order chi connectivity index (χ1) is 33.9.